The van der Waals surface area contributed by atoms with Crippen molar-refractivity contribution in [3.8, 4) is 0 Å². The van der Waals surface area contributed by atoms with E-state index in [9.17, 15) is 19.8 Å². The molecule has 0 aliphatic rings. The Morgan fingerprint density at radius 1 is 0.909 bits per heavy atom. The van der Waals surface area contributed by atoms with Crippen LogP contribution >= 0.6 is 0 Å². The van der Waals surface area contributed by atoms with E-state index in [-0.39, 0.29) is 6.42 Å². The molecule has 22 heavy (non-hydrogen) atoms. The lowest BCUT2D eigenvalue weighted by atomic mass is 9.64. The number of carbonyl (C=O) groups is 2. The Morgan fingerprint density at radius 2 is 1.45 bits per heavy atom. The van der Waals surface area contributed by atoms with Gasteiger partial charge >= 0.3 is 11.9 Å². The zero-order valence-electron chi connectivity index (χ0n) is 13.6. The van der Waals surface area contributed by atoms with Crippen LogP contribution in [0.3, 0.4) is 0 Å². The maximum absolute atomic E-state index is 11.6. The summed E-state index contributed by atoms with van der Waals surface area (Å²) in [6, 6.07) is 10.1. The van der Waals surface area contributed by atoms with E-state index in [1.165, 1.54) is 5.56 Å². The molecule has 0 unspecified atom stereocenters. The smallest absolute Gasteiger partial charge is 0.321 e. The van der Waals surface area contributed by atoms with Crippen molar-refractivity contribution in [3.05, 3.63) is 35.9 Å². The molecule has 0 bridgehead atoms. The number of hydrogen-bond acceptors (Lipinski definition) is 2. The van der Waals surface area contributed by atoms with Crippen LogP contribution in [-0.2, 0) is 16.0 Å². The topological polar surface area (TPSA) is 74.6 Å². The minimum absolute atomic E-state index is 0.163. The summed E-state index contributed by atoms with van der Waals surface area (Å²) in [6.45, 7) is 5.04. The first kappa shape index (κ1) is 18.2. The van der Waals surface area contributed by atoms with Gasteiger partial charge in [-0.1, -0.05) is 63.9 Å². The van der Waals surface area contributed by atoms with Gasteiger partial charge in [0, 0.05) is 0 Å². The van der Waals surface area contributed by atoms with E-state index < -0.39 is 22.8 Å². The van der Waals surface area contributed by atoms with Crippen LogP contribution in [0.4, 0.5) is 0 Å². The number of hydrogen-bond donors (Lipinski definition) is 2. The fourth-order valence-corrected chi connectivity index (χ4v) is 2.86. The summed E-state index contributed by atoms with van der Waals surface area (Å²) in [4.78, 5) is 23.2. The van der Waals surface area contributed by atoms with Crippen molar-refractivity contribution >= 4 is 11.9 Å². The highest BCUT2D eigenvalue weighted by Crippen LogP contribution is 2.43. The van der Waals surface area contributed by atoms with Crippen LogP contribution in [0.5, 0.6) is 0 Å². The highest BCUT2D eigenvalue weighted by Gasteiger charge is 2.54. The van der Waals surface area contributed by atoms with Crippen LogP contribution in [0.2, 0.25) is 0 Å². The number of carboxylic acids is 2. The van der Waals surface area contributed by atoms with Gasteiger partial charge < -0.3 is 10.2 Å². The number of benzene rings is 1. The summed E-state index contributed by atoms with van der Waals surface area (Å²) in [5.41, 5.74) is -1.30. The van der Waals surface area contributed by atoms with E-state index >= 15 is 0 Å². The normalized spacial score (nSPS) is 12.1. The first-order chi connectivity index (χ1) is 10.2. The molecule has 2 N–H and O–H groups in total. The second kappa shape index (κ2) is 7.43. The van der Waals surface area contributed by atoms with Gasteiger partial charge in [-0.05, 0) is 30.2 Å². The van der Waals surface area contributed by atoms with E-state index in [0.29, 0.717) is 6.42 Å². The van der Waals surface area contributed by atoms with Crippen molar-refractivity contribution in [1.82, 2.24) is 0 Å². The second-order valence-corrected chi connectivity index (χ2v) is 6.81. The molecule has 1 aromatic carbocycles. The molecule has 4 nitrogen and oxygen atoms in total. The Bertz CT molecular complexity index is 486. The van der Waals surface area contributed by atoms with Crippen LogP contribution in [0.15, 0.2) is 30.3 Å². The summed E-state index contributed by atoms with van der Waals surface area (Å²) >= 11 is 0. The third-order valence-electron chi connectivity index (χ3n) is 4.37. The van der Waals surface area contributed by atoms with E-state index in [4.69, 9.17) is 0 Å². The number of rotatable bonds is 8. The summed E-state index contributed by atoms with van der Waals surface area (Å²) in [5.74, 6) is -2.48. The lowest BCUT2D eigenvalue weighted by molar-refractivity contribution is -0.174. The summed E-state index contributed by atoms with van der Waals surface area (Å²) in [5, 5.41) is 19.0. The molecule has 1 rings (SSSR count). The minimum Gasteiger partial charge on any atom is -0.480 e. The largest absolute Gasteiger partial charge is 0.480 e. The van der Waals surface area contributed by atoms with E-state index in [2.05, 4.69) is 12.1 Å². The predicted molar refractivity (Wildman–Crippen MR) is 85.8 cm³/mol. The molecular weight excluding hydrogens is 280 g/mol. The van der Waals surface area contributed by atoms with Crippen LogP contribution in [0.1, 0.15) is 52.0 Å². The van der Waals surface area contributed by atoms with E-state index in [1.807, 2.05) is 18.2 Å². The lowest BCUT2D eigenvalue weighted by Crippen LogP contribution is -2.49. The Kier molecular flexibility index (Phi) is 6.15. The van der Waals surface area contributed by atoms with Crippen molar-refractivity contribution < 1.29 is 19.8 Å². The van der Waals surface area contributed by atoms with Crippen molar-refractivity contribution in [2.45, 2.75) is 52.9 Å². The van der Waals surface area contributed by atoms with Crippen molar-refractivity contribution in [3.63, 3.8) is 0 Å². The van der Waals surface area contributed by atoms with E-state index in [0.717, 1.165) is 19.3 Å². The molecule has 0 spiro atoms. The second-order valence-electron chi connectivity index (χ2n) is 6.81. The zero-order chi connectivity index (χ0) is 16.8. The molecule has 0 heterocycles. The fourth-order valence-electron chi connectivity index (χ4n) is 2.86. The Morgan fingerprint density at radius 3 is 1.91 bits per heavy atom. The minimum atomic E-state index is -1.72. The third kappa shape index (κ3) is 4.09. The molecule has 0 amide bonds. The molecule has 0 atom stereocenters. The van der Waals surface area contributed by atoms with E-state index in [1.54, 1.807) is 20.8 Å². The average Bonchev–Trinajstić information content (AvgIpc) is 2.41. The highest BCUT2D eigenvalue weighted by molar-refractivity contribution is 5.99. The van der Waals surface area contributed by atoms with Crippen molar-refractivity contribution in [1.29, 1.82) is 0 Å². The quantitative estimate of drug-likeness (QED) is 0.562. The Hall–Kier alpha value is -1.84. The summed E-state index contributed by atoms with van der Waals surface area (Å²) in [7, 11) is 0. The van der Waals surface area contributed by atoms with Gasteiger partial charge in [0.05, 0.1) is 0 Å². The zero-order valence-corrected chi connectivity index (χ0v) is 13.6. The number of aryl methyl sites for hydroxylation is 1. The molecule has 122 valence electrons. The Balaban J connectivity index is 2.58. The molecule has 1 aromatic rings. The molecular formula is C18H26O4. The average molecular weight is 306 g/mol. The van der Waals surface area contributed by atoms with Crippen LogP contribution in [-0.4, -0.2) is 22.2 Å². The van der Waals surface area contributed by atoms with Crippen molar-refractivity contribution in [2.24, 2.45) is 10.8 Å². The summed E-state index contributed by atoms with van der Waals surface area (Å²) < 4.78 is 0. The van der Waals surface area contributed by atoms with Gasteiger partial charge in [-0.15, -0.1) is 0 Å². The number of unbranched alkanes of at least 4 members (excludes halogenated alkanes) is 2. The first-order valence-corrected chi connectivity index (χ1v) is 7.72. The lowest BCUT2D eigenvalue weighted by Gasteiger charge is -2.37. The van der Waals surface area contributed by atoms with Crippen LogP contribution in [0.25, 0.3) is 0 Å². The standard InChI is InChI=1S/C18H26O4/c1-17(2,3)18(15(19)20,16(21)22)13-9-5-8-12-14-10-6-4-7-11-14/h4,6-7,10-11H,5,8-9,12-13H2,1-3H3,(H,19,20)(H,21,22). The molecule has 0 aliphatic heterocycles. The van der Waals surface area contributed by atoms with Gasteiger partial charge in [-0.2, -0.15) is 0 Å². The van der Waals surface area contributed by atoms with Gasteiger partial charge in [0.1, 0.15) is 0 Å². The van der Waals surface area contributed by atoms with Crippen molar-refractivity contribution in [2.75, 3.05) is 0 Å². The first-order valence-electron chi connectivity index (χ1n) is 7.72. The molecule has 0 saturated heterocycles. The molecule has 0 aliphatic carbocycles. The number of carboxylic acid groups (broad SMARTS) is 2. The van der Waals surface area contributed by atoms with Crippen LogP contribution in [0, 0.1) is 10.8 Å². The fraction of sp³-hybridized carbons (Fsp3) is 0.556. The van der Waals surface area contributed by atoms with Gasteiger partial charge in [-0.3, -0.25) is 9.59 Å². The highest BCUT2D eigenvalue weighted by atomic mass is 16.4. The summed E-state index contributed by atoms with van der Waals surface area (Å²) in [6.07, 6.45) is 3.46. The molecule has 0 saturated carbocycles. The van der Waals surface area contributed by atoms with Gasteiger partial charge in [0.15, 0.2) is 5.41 Å². The third-order valence-corrected chi connectivity index (χ3v) is 4.37. The SMILES string of the molecule is CC(C)(C)C(CCCCCc1ccccc1)(C(=O)O)C(=O)O. The predicted octanol–water partition coefficient (Wildman–Crippen LogP) is 3.99. The monoisotopic (exact) mass is 306 g/mol. The van der Waals surface area contributed by atoms with Gasteiger partial charge in [-0.25, -0.2) is 0 Å². The Labute approximate surface area is 132 Å². The maximum Gasteiger partial charge on any atom is 0.321 e. The molecule has 0 radical (unpaired) electrons. The van der Waals surface area contributed by atoms with Gasteiger partial charge in [0.2, 0.25) is 0 Å². The van der Waals surface area contributed by atoms with Crippen LogP contribution < -0.4 is 0 Å². The maximum atomic E-state index is 11.6. The number of aliphatic carboxylic acids is 2. The molecule has 0 fully saturated rings. The molecule has 4 heteroatoms. The van der Waals surface area contributed by atoms with Gasteiger partial charge in [0.25, 0.3) is 0 Å². The molecule has 0 aromatic heterocycles.